The molecule has 4 rings (SSSR count). The minimum Gasteiger partial charge on any atom is -0.392 e. The van der Waals surface area contributed by atoms with Crippen LogP contribution in [0, 0.1) is 5.82 Å². The summed E-state index contributed by atoms with van der Waals surface area (Å²) in [6.45, 7) is -0.173. The predicted octanol–water partition coefficient (Wildman–Crippen LogP) is 3.27. The average Bonchev–Trinajstić information content (AvgIpc) is 3.40. The lowest BCUT2D eigenvalue weighted by Crippen LogP contribution is -2.02. The summed E-state index contributed by atoms with van der Waals surface area (Å²) in [6.07, 6.45) is 4.65. The molecule has 1 aromatic carbocycles. The third-order valence-corrected chi connectivity index (χ3v) is 5.08. The van der Waals surface area contributed by atoms with Crippen LogP contribution in [0.4, 0.5) is 4.39 Å². The van der Waals surface area contributed by atoms with E-state index in [1.807, 2.05) is 0 Å². The quantitative estimate of drug-likeness (QED) is 0.921. The Bertz CT molecular complexity index is 680. The Kier molecular flexibility index (Phi) is 3.23. The van der Waals surface area contributed by atoms with E-state index in [4.69, 9.17) is 0 Å². The van der Waals surface area contributed by atoms with E-state index in [2.05, 4.69) is 14.8 Å². The van der Waals surface area contributed by atoms with Crippen molar-refractivity contribution in [2.45, 2.75) is 54.3 Å². The normalized spacial score (nSPS) is 18.2. The first-order chi connectivity index (χ1) is 10.3. The van der Waals surface area contributed by atoms with Gasteiger partial charge in [0.25, 0.3) is 0 Å². The van der Waals surface area contributed by atoms with Gasteiger partial charge in [-0.25, -0.2) is 4.39 Å². The van der Waals surface area contributed by atoms with Crippen LogP contribution in [0.25, 0.3) is 0 Å². The molecule has 1 N–H and O–H groups in total. The highest BCUT2D eigenvalue weighted by atomic mass is 32.2. The average molecular weight is 305 g/mol. The summed E-state index contributed by atoms with van der Waals surface area (Å²) >= 11 is 1.28. The summed E-state index contributed by atoms with van der Waals surface area (Å²) in [7, 11) is 0. The zero-order valence-electron chi connectivity index (χ0n) is 11.5. The van der Waals surface area contributed by atoms with Gasteiger partial charge in [-0.3, -0.25) is 0 Å². The van der Waals surface area contributed by atoms with E-state index < -0.39 is 0 Å². The Labute approximate surface area is 126 Å². The Morgan fingerprint density at radius 1 is 1.24 bits per heavy atom. The molecule has 4 nitrogen and oxygen atoms in total. The van der Waals surface area contributed by atoms with E-state index in [1.54, 1.807) is 12.1 Å². The van der Waals surface area contributed by atoms with Crippen molar-refractivity contribution >= 4 is 11.8 Å². The summed E-state index contributed by atoms with van der Waals surface area (Å²) in [4.78, 5) is 0.455. The summed E-state index contributed by atoms with van der Waals surface area (Å²) in [5.41, 5.74) is 0.596. The smallest absolute Gasteiger partial charge is 0.196 e. The number of benzene rings is 1. The number of hydrogen-bond donors (Lipinski definition) is 1. The van der Waals surface area contributed by atoms with E-state index in [9.17, 15) is 9.50 Å². The van der Waals surface area contributed by atoms with Crippen LogP contribution in [0.3, 0.4) is 0 Å². The molecule has 2 saturated carbocycles. The molecule has 0 aliphatic heterocycles. The molecule has 1 aromatic heterocycles. The van der Waals surface area contributed by atoms with E-state index in [0.717, 1.165) is 23.8 Å². The maximum absolute atomic E-state index is 14.1. The molecule has 0 bridgehead atoms. The maximum Gasteiger partial charge on any atom is 0.196 e. The number of aliphatic hydroxyl groups excluding tert-OH is 1. The van der Waals surface area contributed by atoms with Gasteiger partial charge in [0.15, 0.2) is 5.16 Å². The van der Waals surface area contributed by atoms with E-state index in [0.29, 0.717) is 22.4 Å². The summed E-state index contributed by atoms with van der Waals surface area (Å²) in [5.74, 6) is 1.28. The highest BCUT2D eigenvalue weighted by Gasteiger charge is 2.36. The topological polar surface area (TPSA) is 50.9 Å². The lowest BCUT2D eigenvalue weighted by atomic mass is 10.2. The molecule has 1 heterocycles. The molecule has 0 unspecified atom stereocenters. The third kappa shape index (κ3) is 2.46. The zero-order valence-corrected chi connectivity index (χ0v) is 12.3. The van der Waals surface area contributed by atoms with Crippen LogP contribution in [-0.4, -0.2) is 19.9 Å². The van der Waals surface area contributed by atoms with Gasteiger partial charge < -0.3 is 9.67 Å². The van der Waals surface area contributed by atoms with Crippen molar-refractivity contribution in [3.8, 4) is 0 Å². The first kappa shape index (κ1) is 13.3. The van der Waals surface area contributed by atoms with Crippen LogP contribution < -0.4 is 0 Å². The predicted molar refractivity (Wildman–Crippen MR) is 76.7 cm³/mol. The van der Waals surface area contributed by atoms with E-state index in [-0.39, 0.29) is 12.4 Å². The van der Waals surface area contributed by atoms with Crippen LogP contribution in [-0.2, 0) is 6.61 Å². The minimum absolute atomic E-state index is 0.173. The molecule has 21 heavy (non-hydrogen) atoms. The number of rotatable bonds is 5. The van der Waals surface area contributed by atoms with Crippen LogP contribution in [0.5, 0.6) is 0 Å². The van der Waals surface area contributed by atoms with Crippen molar-refractivity contribution in [3.63, 3.8) is 0 Å². The molecule has 2 aliphatic carbocycles. The van der Waals surface area contributed by atoms with Crippen molar-refractivity contribution in [3.05, 3.63) is 35.4 Å². The number of halogens is 1. The van der Waals surface area contributed by atoms with Gasteiger partial charge in [-0.05, 0) is 49.1 Å². The van der Waals surface area contributed by atoms with Gasteiger partial charge in [-0.15, -0.1) is 10.2 Å². The van der Waals surface area contributed by atoms with Gasteiger partial charge >= 0.3 is 0 Å². The standard InChI is InChI=1S/C15H16FN3OS/c16-12-3-1-2-10(8-20)13(12)21-15-18-17-14(9-4-5-9)19(15)11-6-7-11/h1-3,9,11,20H,4-8H2. The second-order valence-electron chi connectivity index (χ2n) is 5.70. The lowest BCUT2D eigenvalue weighted by Gasteiger charge is -2.10. The highest BCUT2D eigenvalue weighted by Crippen LogP contribution is 2.47. The van der Waals surface area contributed by atoms with Gasteiger partial charge in [0, 0.05) is 12.0 Å². The fraction of sp³-hybridized carbons (Fsp3) is 0.467. The van der Waals surface area contributed by atoms with Crippen LogP contribution in [0.15, 0.2) is 28.3 Å². The van der Waals surface area contributed by atoms with Crippen LogP contribution >= 0.6 is 11.8 Å². The number of nitrogens with zero attached hydrogens (tertiary/aromatic N) is 3. The van der Waals surface area contributed by atoms with Crippen LogP contribution in [0.1, 0.15) is 49.0 Å². The number of aromatic nitrogens is 3. The first-order valence-corrected chi connectivity index (χ1v) is 8.10. The second-order valence-corrected chi connectivity index (χ2v) is 6.68. The Morgan fingerprint density at radius 3 is 2.71 bits per heavy atom. The summed E-state index contributed by atoms with van der Waals surface area (Å²) in [6, 6.07) is 5.25. The Balaban J connectivity index is 1.71. The van der Waals surface area contributed by atoms with Gasteiger partial charge in [0.05, 0.1) is 11.5 Å². The fourth-order valence-electron chi connectivity index (χ4n) is 2.54. The number of aliphatic hydroxyl groups is 1. The molecule has 0 spiro atoms. The Morgan fingerprint density at radius 2 is 2.05 bits per heavy atom. The van der Waals surface area contributed by atoms with Gasteiger partial charge in [0.1, 0.15) is 11.6 Å². The second kappa shape index (κ2) is 5.10. The minimum atomic E-state index is -0.315. The SMILES string of the molecule is OCc1cccc(F)c1Sc1nnc(C2CC2)n1C1CC1. The highest BCUT2D eigenvalue weighted by molar-refractivity contribution is 7.99. The molecule has 6 heteroatoms. The largest absolute Gasteiger partial charge is 0.392 e. The molecule has 0 amide bonds. The maximum atomic E-state index is 14.1. The molecule has 0 radical (unpaired) electrons. The van der Waals surface area contributed by atoms with Crippen molar-refractivity contribution in [1.82, 2.24) is 14.8 Å². The van der Waals surface area contributed by atoms with Gasteiger partial charge in [0.2, 0.25) is 0 Å². The molecular formula is C15H16FN3OS. The molecule has 0 saturated heterocycles. The molecule has 0 atom stereocenters. The summed E-state index contributed by atoms with van der Waals surface area (Å²) < 4.78 is 16.2. The number of hydrogen-bond acceptors (Lipinski definition) is 4. The summed E-state index contributed by atoms with van der Waals surface area (Å²) in [5, 5.41) is 18.7. The molecule has 110 valence electrons. The molecule has 2 fully saturated rings. The molecule has 2 aromatic rings. The van der Waals surface area contributed by atoms with E-state index in [1.165, 1.54) is 30.7 Å². The van der Waals surface area contributed by atoms with E-state index >= 15 is 0 Å². The van der Waals surface area contributed by atoms with Crippen LogP contribution in [0.2, 0.25) is 0 Å². The third-order valence-electron chi connectivity index (χ3n) is 3.96. The molecule has 2 aliphatic rings. The van der Waals surface area contributed by atoms with Crippen molar-refractivity contribution < 1.29 is 9.50 Å². The van der Waals surface area contributed by atoms with Crippen molar-refractivity contribution in [2.24, 2.45) is 0 Å². The van der Waals surface area contributed by atoms with Gasteiger partial charge in [-0.2, -0.15) is 0 Å². The van der Waals surface area contributed by atoms with Crippen molar-refractivity contribution in [1.29, 1.82) is 0 Å². The lowest BCUT2D eigenvalue weighted by molar-refractivity contribution is 0.277. The zero-order chi connectivity index (χ0) is 14.4. The fourth-order valence-corrected chi connectivity index (χ4v) is 3.57. The first-order valence-electron chi connectivity index (χ1n) is 7.29. The van der Waals surface area contributed by atoms with Gasteiger partial charge in [-0.1, -0.05) is 12.1 Å². The Hall–Kier alpha value is -1.40. The van der Waals surface area contributed by atoms with Crippen molar-refractivity contribution in [2.75, 3.05) is 0 Å². The molecular weight excluding hydrogens is 289 g/mol. The monoisotopic (exact) mass is 305 g/mol.